The average molecular weight is 342 g/mol. The molecule has 1 aliphatic heterocycles. The fourth-order valence-electron chi connectivity index (χ4n) is 3.97. The Bertz CT molecular complexity index is 780. The summed E-state index contributed by atoms with van der Waals surface area (Å²) in [5.74, 6) is -1.70. The SMILES string of the molecule is C=C1C(=O)O[C@@H]2[C@H]3C(C)=CC(=O)C3=C(C)C[C@@H](OC(=O)/C(C)=C\C)[C@@H]12. The number of esters is 2. The van der Waals surface area contributed by atoms with Crippen LogP contribution in [0, 0.1) is 11.8 Å². The lowest BCUT2D eigenvalue weighted by atomic mass is 9.82. The third-order valence-corrected chi connectivity index (χ3v) is 5.40. The number of ether oxygens (including phenoxy) is 2. The summed E-state index contributed by atoms with van der Waals surface area (Å²) >= 11 is 0. The Kier molecular flexibility index (Phi) is 4.27. The second-order valence-electron chi connectivity index (χ2n) is 6.96. The molecular weight excluding hydrogens is 320 g/mol. The molecule has 0 saturated carbocycles. The van der Waals surface area contributed by atoms with Crippen LogP contribution in [-0.4, -0.2) is 29.9 Å². The van der Waals surface area contributed by atoms with Crippen molar-refractivity contribution >= 4 is 17.7 Å². The first-order valence-electron chi connectivity index (χ1n) is 8.42. The second kappa shape index (κ2) is 6.14. The number of hydrogen-bond donors (Lipinski definition) is 0. The lowest BCUT2D eigenvalue weighted by molar-refractivity contribution is -0.148. The molecule has 1 fully saturated rings. The van der Waals surface area contributed by atoms with E-state index in [0.29, 0.717) is 23.1 Å². The Morgan fingerprint density at radius 3 is 2.68 bits per heavy atom. The lowest BCUT2D eigenvalue weighted by Crippen LogP contribution is -2.36. The van der Waals surface area contributed by atoms with Gasteiger partial charge in [0.15, 0.2) is 5.78 Å². The highest BCUT2D eigenvalue weighted by Crippen LogP contribution is 2.48. The summed E-state index contributed by atoms with van der Waals surface area (Å²) in [5, 5.41) is 0. The van der Waals surface area contributed by atoms with E-state index in [1.807, 2.05) is 13.8 Å². The van der Waals surface area contributed by atoms with E-state index in [1.54, 1.807) is 26.0 Å². The van der Waals surface area contributed by atoms with Gasteiger partial charge in [0.1, 0.15) is 12.2 Å². The van der Waals surface area contributed by atoms with Crippen molar-refractivity contribution < 1.29 is 23.9 Å². The van der Waals surface area contributed by atoms with Gasteiger partial charge in [-0.3, -0.25) is 4.79 Å². The van der Waals surface area contributed by atoms with Crippen LogP contribution in [0.5, 0.6) is 0 Å². The van der Waals surface area contributed by atoms with Gasteiger partial charge in [-0.05, 0) is 33.8 Å². The van der Waals surface area contributed by atoms with Crippen molar-refractivity contribution in [1.82, 2.24) is 0 Å². The van der Waals surface area contributed by atoms with Crippen molar-refractivity contribution in [2.24, 2.45) is 11.8 Å². The molecule has 0 aromatic carbocycles. The predicted molar refractivity (Wildman–Crippen MR) is 91.4 cm³/mol. The van der Waals surface area contributed by atoms with Crippen molar-refractivity contribution in [2.75, 3.05) is 0 Å². The molecule has 5 nitrogen and oxygen atoms in total. The molecule has 0 N–H and O–H groups in total. The van der Waals surface area contributed by atoms with Crippen LogP contribution in [0.2, 0.25) is 0 Å². The summed E-state index contributed by atoms with van der Waals surface area (Å²) < 4.78 is 11.3. The van der Waals surface area contributed by atoms with E-state index in [0.717, 1.165) is 11.1 Å². The van der Waals surface area contributed by atoms with Crippen LogP contribution >= 0.6 is 0 Å². The maximum atomic E-state index is 12.4. The molecule has 0 amide bonds. The third-order valence-electron chi connectivity index (χ3n) is 5.40. The van der Waals surface area contributed by atoms with Gasteiger partial charge >= 0.3 is 11.9 Å². The summed E-state index contributed by atoms with van der Waals surface area (Å²) in [5.41, 5.74) is 3.21. The second-order valence-corrected chi connectivity index (χ2v) is 6.96. The number of rotatable bonds is 2. The van der Waals surface area contributed by atoms with Crippen LogP contribution in [0.3, 0.4) is 0 Å². The number of ketones is 1. The molecule has 0 aromatic rings. The summed E-state index contributed by atoms with van der Waals surface area (Å²) in [6, 6.07) is 0. The van der Waals surface area contributed by atoms with Gasteiger partial charge in [0.05, 0.1) is 5.92 Å². The average Bonchev–Trinajstić information content (AvgIpc) is 2.96. The highest BCUT2D eigenvalue weighted by atomic mass is 16.6. The first kappa shape index (κ1) is 17.4. The smallest absolute Gasteiger partial charge is 0.334 e. The quantitative estimate of drug-likeness (QED) is 0.570. The van der Waals surface area contributed by atoms with E-state index in [2.05, 4.69) is 6.58 Å². The topological polar surface area (TPSA) is 69.7 Å². The molecule has 1 heterocycles. The zero-order chi connectivity index (χ0) is 18.5. The fraction of sp³-hybridized carbons (Fsp3) is 0.450. The Morgan fingerprint density at radius 2 is 2.04 bits per heavy atom. The van der Waals surface area contributed by atoms with Gasteiger partial charge in [-0.2, -0.15) is 0 Å². The number of allylic oxidation sites excluding steroid dienone is 2. The molecular formula is C20H22O5. The van der Waals surface area contributed by atoms with Gasteiger partial charge in [-0.25, -0.2) is 9.59 Å². The Labute approximate surface area is 147 Å². The van der Waals surface area contributed by atoms with Gasteiger partial charge in [0.2, 0.25) is 0 Å². The standard InChI is InChI=1S/C20H22O5/c1-6-9(2)19(22)24-14-8-11(4)15-13(21)7-10(3)16(15)18-17(14)12(5)20(23)25-18/h6-7,14,16-18H,5,8H2,1-4H3/b9-6-/t14-,16+,17-,18-/m1/s1. The predicted octanol–water partition coefficient (Wildman–Crippen LogP) is 2.83. The van der Waals surface area contributed by atoms with Crippen molar-refractivity contribution in [3.63, 3.8) is 0 Å². The molecule has 2 aliphatic carbocycles. The molecule has 4 atom stereocenters. The first-order valence-corrected chi connectivity index (χ1v) is 8.42. The number of carbonyl (C=O) groups excluding carboxylic acids is 3. The van der Waals surface area contributed by atoms with Crippen LogP contribution in [0.1, 0.15) is 34.1 Å². The van der Waals surface area contributed by atoms with E-state index >= 15 is 0 Å². The van der Waals surface area contributed by atoms with Crippen LogP contribution in [0.4, 0.5) is 0 Å². The molecule has 3 rings (SSSR count). The molecule has 0 unspecified atom stereocenters. The Hall–Kier alpha value is -2.43. The van der Waals surface area contributed by atoms with Crippen LogP contribution < -0.4 is 0 Å². The van der Waals surface area contributed by atoms with Crippen LogP contribution in [0.15, 0.2) is 46.6 Å². The first-order chi connectivity index (χ1) is 11.8. The molecule has 1 saturated heterocycles. The van der Waals surface area contributed by atoms with E-state index < -0.39 is 30.1 Å². The molecule has 5 heteroatoms. The summed E-state index contributed by atoms with van der Waals surface area (Å²) in [7, 11) is 0. The number of carbonyl (C=O) groups is 3. The highest BCUT2D eigenvalue weighted by Gasteiger charge is 2.53. The molecule has 3 aliphatic rings. The van der Waals surface area contributed by atoms with Gasteiger partial charge < -0.3 is 9.47 Å². The molecule has 0 bridgehead atoms. The van der Waals surface area contributed by atoms with Crippen molar-refractivity contribution in [3.05, 3.63) is 46.6 Å². The Balaban J connectivity index is 2.04. The minimum Gasteiger partial charge on any atom is -0.458 e. The monoisotopic (exact) mass is 342 g/mol. The zero-order valence-electron chi connectivity index (χ0n) is 14.9. The normalized spacial score (nSPS) is 32.1. The van der Waals surface area contributed by atoms with Gasteiger partial charge in [-0.15, -0.1) is 0 Å². The van der Waals surface area contributed by atoms with E-state index in [9.17, 15) is 14.4 Å². The van der Waals surface area contributed by atoms with Gasteiger partial charge in [0.25, 0.3) is 0 Å². The molecule has 25 heavy (non-hydrogen) atoms. The maximum absolute atomic E-state index is 12.4. The minimum absolute atomic E-state index is 0.0519. The van der Waals surface area contributed by atoms with Crippen LogP contribution in [-0.2, 0) is 23.9 Å². The molecule has 0 aromatic heterocycles. The lowest BCUT2D eigenvalue weighted by Gasteiger charge is -2.28. The van der Waals surface area contributed by atoms with Crippen molar-refractivity contribution in [2.45, 2.75) is 46.3 Å². The van der Waals surface area contributed by atoms with E-state index in [4.69, 9.17) is 9.47 Å². The molecule has 132 valence electrons. The molecule has 0 spiro atoms. The number of hydrogen-bond acceptors (Lipinski definition) is 5. The maximum Gasteiger partial charge on any atom is 0.334 e. The van der Waals surface area contributed by atoms with E-state index in [1.165, 1.54) is 0 Å². The van der Waals surface area contributed by atoms with E-state index in [-0.39, 0.29) is 11.7 Å². The highest BCUT2D eigenvalue weighted by molar-refractivity contribution is 6.09. The van der Waals surface area contributed by atoms with Gasteiger partial charge in [0, 0.05) is 29.1 Å². The summed E-state index contributed by atoms with van der Waals surface area (Å²) in [6.45, 7) is 11.0. The summed E-state index contributed by atoms with van der Waals surface area (Å²) in [6.07, 6.45) is 2.53. The van der Waals surface area contributed by atoms with Gasteiger partial charge in [-0.1, -0.05) is 23.8 Å². The Morgan fingerprint density at radius 1 is 1.36 bits per heavy atom. The zero-order valence-corrected chi connectivity index (χ0v) is 14.9. The van der Waals surface area contributed by atoms with Crippen LogP contribution in [0.25, 0.3) is 0 Å². The fourth-order valence-corrected chi connectivity index (χ4v) is 3.97. The molecule has 0 radical (unpaired) electrons. The number of fused-ring (bicyclic) bond motifs is 3. The third kappa shape index (κ3) is 2.68. The largest absolute Gasteiger partial charge is 0.458 e. The minimum atomic E-state index is -0.579. The van der Waals surface area contributed by atoms with Crippen molar-refractivity contribution in [1.29, 1.82) is 0 Å². The summed E-state index contributed by atoms with van der Waals surface area (Å²) in [4.78, 5) is 36.8. The van der Waals surface area contributed by atoms with Crippen molar-refractivity contribution in [3.8, 4) is 0 Å².